The molecule has 0 amide bonds. The van der Waals surface area contributed by atoms with Gasteiger partial charge in [0.1, 0.15) is 5.69 Å². The van der Waals surface area contributed by atoms with Gasteiger partial charge in [0.2, 0.25) is 0 Å². The summed E-state index contributed by atoms with van der Waals surface area (Å²) in [7, 11) is 0. The number of hydrogen-bond donors (Lipinski definition) is 1. The summed E-state index contributed by atoms with van der Waals surface area (Å²) in [6.45, 7) is 1.61. The first kappa shape index (κ1) is 10.3. The molecule has 0 aliphatic carbocycles. The van der Waals surface area contributed by atoms with Crippen LogP contribution in [0.1, 0.15) is 5.69 Å². The second-order valence-corrected chi connectivity index (χ2v) is 3.48. The average molecular weight is 218 g/mol. The molecule has 0 saturated heterocycles. The molecule has 0 fully saturated rings. The van der Waals surface area contributed by atoms with Gasteiger partial charge in [-0.2, -0.15) is 0 Å². The minimum Gasteiger partial charge on any atom is -0.298 e. The molecule has 70 valence electrons. The van der Waals surface area contributed by atoms with Crippen molar-refractivity contribution in [2.45, 2.75) is 12.1 Å². The number of aryl methyl sites for hydroxylation is 1. The number of nitrogens with one attached hydrogen (secondary N) is 1. The van der Waals surface area contributed by atoms with Crippen molar-refractivity contribution in [1.29, 1.82) is 0 Å². The maximum Gasteiger partial charge on any atom is 0.273 e. The van der Waals surface area contributed by atoms with E-state index in [0.717, 1.165) is 0 Å². The van der Waals surface area contributed by atoms with Crippen LogP contribution < -0.4 is 5.56 Å². The second-order valence-electron chi connectivity index (χ2n) is 2.22. The fraction of sp³-hybridized carbons (Fsp3) is 0.286. The molecular weight excluding hydrogens is 210 g/mol. The molecule has 13 heavy (non-hydrogen) atoms. The summed E-state index contributed by atoms with van der Waals surface area (Å²) in [6.07, 6.45) is 1.76. The Morgan fingerprint density at radius 1 is 1.62 bits per heavy atom. The zero-order chi connectivity index (χ0) is 9.68. The van der Waals surface area contributed by atoms with Crippen molar-refractivity contribution in [3.8, 4) is 0 Å². The lowest BCUT2D eigenvalue weighted by Crippen LogP contribution is -2.14. The Balaban J connectivity index is 2.69. The summed E-state index contributed by atoms with van der Waals surface area (Å²) in [4.78, 5) is 13.6. The summed E-state index contributed by atoms with van der Waals surface area (Å²) < 4.78 is 0. The van der Waals surface area contributed by atoms with Crippen molar-refractivity contribution in [3.05, 3.63) is 27.7 Å². The van der Waals surface area contributed by atoms with Crippen molar-refractivity contribution in [3.63, 3.8) is 0 Å². The Bertz CT molecular complexity index is 363. The van der Waals surface area contributed by atoms with Crippen LogP contribution >= 0.6 is 23.4 Å². The normalized spacial score (nSPS) is 10.9. The molecular formula is C7H8ClN3OS. The molecule has 0 aromatic carbocycles. The van der Waals surface area contributed by atoms with Crippen molar-refractivity contribution in [2.75, 3.05) is 5.75 Å². The van der Waals surface area contributed by atoms with Crippen LogP contribution in [0.2, 0.25) is 0 Å². The monoisotopic (exact) mass is 217 g/mol. The first-order valence-corrected chi connectivity index (χ1v) is 4.98. The Labute approximate surface area is 84.4 Å². The van der Waals surface area contributed by atoms with Crippen LogP contribution in [0.3, 0.4) is 0 Å². The van der Waals surface area contributed by atoms with Crippen LogP contribution in [0.4, 0.5) is 0 Å². The Morgan fingerprint density at radius 3 is 3.00 bits per heavy atom. The maximum absolute atomic E-state index is 11.1. The van der Waals surface area contributed by atoms with E-state index >= 15 is 0 Å². The van der Waals surface area contributed by atoms with Gasteiger partial charge >= 0.3 is 0 Å². The van der Waals surface area contributed by atoms with Gasteiger partial charge in [-0.1, -0.05) is 29.4 Å². The lowest BCUT2D eigenvalue weighted by molar-refractivity contribution is 0.790. The molecule has 0 radical (unpaired) electrons. The van der Waals surface area contributed by atoms with Crippen molar-refractivity contribution in [2.24, 2.45) is 0 Å². The van der Waals surface area contributed by atoms with E-state index in [1.165, 1.54) is 17.3 Å². The van der Waals surface area contributed by atoms with Gasteiger partial charge in [-0.3, -0.25) is 9.78 Å². The minimum absolute atomic E-state index is 0.202. The van der Waals surface area contributed by atoms with E-state index in [-0.39, 0.29) is 5.56 Å². The number of hydrogen-bond acceptors (Lipinski definition) is 4. The summed E-state index contributed by atoms with van der Waals surface area (Å²) in [5.41, 5.74) is 1.59. The van der Waals surface area contributed by atoms with Gasteiger partial charge < -0.3 is 0 Å². The van der Waals surface area contributed by atoms with E-state index in [2.05, 4.69) is 15.2 Å². The first-order chi connectivity index (χ1) is 6.24. The molecule has 0 atom stereocenters. The molecule has 0 spiro atoms. The van der Waals surface area contributed by atoms with Gasteiger partial charge in [0, 0.05) is 11.3 Å². The predicted molar refractivity (Wildman–Crippen MR) is 53.1 cm³/mol. The van der Waals surface area contributed by atoms with Crippen LogP contribution in [0.25, 0.3) is 0 Å². The summed E-state index contributed by atoms with van der Waals surface area (Å²) in [5.74, 6) is 0.664. The molecule has 1 N–H and O–H groups in total. The highest BCUT2D eigenvalue weighted by Crippen LogP contribution is 2.09. The van der Waals surface area contributed by atoms with Gasteiger partial charge in [-0.05, 0) is 6.92 Å². The molecule has 0 unspecified atom stereocenters. The number of aromatic nitrogens is 3. The number of aromatic amines is 1. The molecule has 0 bridgehead atoms. The number of halogens is 1. The molecule has 1 aromatic rings. The van der Waals surface area contributed by atoms with Crippen LogP contribution in [-0.4, -0.2) is 20.9 Å². The molecule has 6 heteroatoms. The predicted octanol–water partition coefficient (Wildman–Crippen LogP) is 1.32. The molecule has 0 aliphatic rings. The van der Waals surface area contributed by atoms with E-state index in [4.69, 9.17) is 11.6 Å². The first-order valence-electron chi connectivity index (χ1n) is 3.55. The molecule has 0 saturated carbocycles. The summed E-state index contributed by atoms with van der Waals surface area (Å²) in [6, 6.07) is 0. The Hall–Kier alpha value is -0.810. The van der Waals surface area contributed by atoms with Crippen LogP contribution in [0, 0.1) is 6.92 Å². The lowest BCUT2D eigenvalue weighted by Gasteiger charge is -1.95. The molecule has 1 rings (SSSR count). The molecule has 0 aliphatic heterocycles. The second kappa shape index (κ2) is 5.04. The van der Waals surface area contributed by atoms with Crippen LogP contribution in [0.15, 0.2) is 21.6 Å². The Morgan fingerprint density at radius 2 is 2.38 bits per heavy atom. The Kier molecular flexibility index (Phi) is 3.98. The maximum atomic E-state index is 11.1. The van der Waals surface area contributed by atoms with E-state index < -0.39 is 0 Å². The topological polar surface area (TPSA) is 58.6 Å². The quantitative estimate of drug-likeness (QED) is 0.776. The highest BCUT2D eigenvalue weighted by atomic mass is 35.5. The van der Waals surface area contributed by atoms with Gasteiger partial charge in [0.05, 0.1) is 0 Å². The minimum atomic E-state index is -0.202. The highest BCUT2D eigenvalue weighted by molar-refractivity contribution is 7.99. The smallest absolute Gasteiger partial charge is 0.273 e. The van der Waals surface area contributed by atoms with Crippen molar-refractivity contribution >= 4 is 23.4 Å². The molecule has 4 nitrogen and oxygen atoms in total. The number of H-pyrrole nitrogens is 1. The average Bonchev–Trinajstić information content (AvgIpc) is 2.12. The van der Waals surface area contributed by atoms with Crippen molar-refractivity contribution < 1.29 is 0 Å². The number of rotatable bonds is 3. The summed E-state index contributed by atoms with van der Waals surface area (Å²) in [5, 5.41) is 7.98. The number of thioether (sulfide) groups is 1. The standard InChI is InChI=1S/C7H8ClN3OS/c1-5-6(12)9-7(11-10-5)13-4-2-3-8/h2-3H,4H2,1H3,(H,9,11,12)/b3-2+. The zero-order valence-electron chi connectivity index (χ0n) is 6.95. The fourth-order valence-corrected chi connectivity index (χ4v) is 1.42. The van der Waals surface area contributed by atoms with E-state index in [9.17, 15) is 4.79 Å². The van der Waals surface area contributed by atoms with Gasteiger partial charge in [-0.15, -0.1) is 10.2 Å². The van der Waals surface area contributed by atoms with Crippen molar-refractivity contribution in [1.82, 2.24) is 15.2 Å². The summed E-state index contributed by atoms with van der Waals surface area (Å²) >= 11 is 6.69. The zero-order valence-corrected chi connectivity index (χ0v) is 8.52. The van der Waals surface area contributed by atoms with Crippen LogP contribution in [-0.2, 0) is 0 Å². The fourth-order valence-electron chi connectivity index (χ4n) is 0.607. The largest absolute Gasteiger partial charge is 0.298 e. The van der Waals surface area contributed by atoms with E-state index in [1.807, 2.05) is 0 Å². The van der Waals surface area contributed by atoms with Gasteiger partial charge in [-0.25, -0.2) is 0 Å². The van der Waals surface area contributed by atoms with Gasteiger partial charge in [0.25, 0.3) is 5.56 Å². The SMILES string of the molecule is Cc1nnc(SC/C=C/Cl)[nH]c1=O. The van der Waals surface area contributed by atoms with E-state index in [0.29, 0.717) is 16.6 Å². The van der Waals surface area contributed by atoms with Crippen LogP contribution in [0.5, 0.6) is 0 Å². The molecule has 1 heterocycles. The third-order valence-corrected chi connectivity index (χ3v) is 2.24. The third-order valence-electron chi connectivity index (χ3n) is 1.25. The lowest BCUT2D eigenvalue weighted by atomic mass is 10.5. The third kappa shape index (κ3) is 3.20. The highest BCUT2D eigenvalue weighted by Gasteiger charge is 1.98. The number of nitrogens with zero attached hydrogens (tertiary/aromatic N) is 2. The van der Waals surface area contributed by atoms with Gasteiger partial charge in [0.15, 0.2) is 5.16 Å². The molecule has 1 aromatic heterocycles. The van der Waals surface area contributed by atoms with E-state index in [1.54, 1.807) is 13.0 Å².